The van der Waals surface area contributed by atoms with Crippen LogP contribution in [0.4, 0.5) is 0 Å². The van der Waals surface area contributed by atoms with E-state index in [1.165, 1.54) is 23.3 Å². The van der Waals surface area contributed by atoms with Crippen LogP contribution < -0.4 is 14.2 Å². The summed E-state index contributed by atoms with van der Waals surface area (Å²) in [4.78, 5) is 2.22. The van der Waals surface area contributed by atoms with Gasteiger partial charge in [0.05, 0.1) is 24.3 Å². The van der Waals surface area contributed by atoms with Gasteiger partial charge in [-0.05, 0) is 54.8 Å². The molecule has 9 heteroatoms. The highest BCUT2D eigenvalue weighted by atomic mass is 35.5. The van der Waals surface area contributed by atoms with Gasteiger partial charge >= 0.3 is 0 Å². The lowest BCUT2D eigenvalue weighted by atomic mass is 9.98. The molecule has 0 radical (unpaired) electrons. The minimum atomic E-state index is -3.75. The van der Waals surface area contributed by atoms with E-state index in [0.29, 0.717) is 13.0 Å². The molecule has 0 atom stereocenters. The molecule has 29 heavy (non-hydrogen) atoms. The summed E-state index contributed by atoms with van der Waals surface area (Å²) in [5, 5.41) is 0.226. The van der Waals surface area contributed by atoms with Crippen LogP contribution in [0.2, 0.25) is 10.0 Å². The van der Waals surface area contributed by atoms with E-state index in [1.54, 1.807) is 20.3 Å². The van der Waals surface area contributed by atoms with Crippen molar-refractivity contribution in [1.82, 2.24) is 9.62 Å². The normalized spacial score (nSPS) is 14.5. The fraction of sp³-hybridized carbons (Fsp3) is 0.400. The van der Waals surface area contributed by atoms with E-state index >= 15 is 0 Å². The van der Waals surface area contributed by atoms with Crippen molar-refractivity contribution in [2.45, 2.75) is 24.3 Å². The second-order valence-corrected chi connectivity index (χ2v) is 9.32. The quantitative estimate of drug-likeness (QED) is 0.610. The summed E-state index contributed by atoms with van der Waals surface area (Å²) < 4.78 is 38.4. The van der Waals surface area contributed by atoms with E-state index in [9.17, 15) is 8.42 Å². The Morgan fingerprint density at radius 1 is 1.07 bits per heavy atom. The molecule has 1 aliphatic rings. The number of rotatable bonds is 8. The molecule has 0 spiro atoms. The van der Waals surface area contributed by atoms with E-state index in [-0.39, 0.29) is 14.9 Å². The molecule has 1 N–H and O–H groups in total. The predicted molar refractivity (Wildman–Crippen MR) is 115 cm³/mol. The van der Waals surface area contributed by atoms with Crippen molar-refractivity contribution in [2.24, 2.45) is 0 Å². The highest BCUT2D eigenvalue weighted by Gasteiger charge is 2.22. The van der Waals surface area contributed by atoms with E-state index in [4.69, 9.17) is 32.7 Å². The summed E-state index contributed by atoms with van der Waals surface area (Å²) in [6.45, 7) is 2.77. The highest BCUT2D eigenvalue weighted by Crippen LogP contribution is 2.33. The van der Waals surface area contributed by atoms with Crippen molar-refractivity contribution < 1.29 is 17.9 Å². The van der Waals surface area contributed by atoms with Crippen molar-refractivity contribution in [3.8, 4) is 11.5 Å². The zero-order chi connectivity index (χ0) is 21.0. The van der Waals surface area contributed by atoms with Crippen LogP contribution in [0.3, 0.4) is 0 Å². The molecule has 0 fully saturated rings. The van der Waals surface area contributed by atoms with Crippen LogP contribution in [0.15, 0.2) is 35.2 Å². The number of halogens is 2. The Hall–Kier alpha value is -1.51. The number of sulfonamides is 1. The second-order valence-electron chi connectivity index (χ2n) is 6.80. The fourth-order valence-corrected chi connectivity index (χ4v) is 5.67. The van der Waals surface area contributed by atoms with Gasteiger partial charge in [-0.3, -0.25) is 4.90 Å². The summed E-state index contributed by atoms with van der Waals surface area (Å²) in [6, 6.07) is 8.69. The van der Waals surface area contributed by atoms with Crippen molar-refractivity contribution in [3.63, 3.8) is 0 Å². The lowest BCUT2D eigenvalue weighted by Gasteiger charge is -2.29. The van der Waals surface area contributed by atoms with Crippen molar-refractivity contribution in [3.05, 3.63) is 51.5 Å². The van der Waals surface area contributed by atoms with Crippen LogP contribution in [0.5, 0.6) is 11.5 Å². The third-order valence-corrected chi connectivity index (χ3v) is 7.34. The first-order chi connectivity index (χ1) is 13.9. The topological polar surface area (TPSA) is 67.9 Å². The summed E-state index contributed by atoms with van der Waals surface area (Å²) in [7, 11) is -0.490. The number of methoxy groups -OCH3 is 2. The van der Waals surface area contributed by atoms with Gasteiger partial charge in [0.1, 0.15) is 4.90 Å². The van der Waals surface area contributed by atoms with Crippen molar-refractivity contribution in [1.29, 1.82) is 0 Å². The molecular weight excluding hydrogens is 435 g/mol. The smallest absolute Gasteiger partial charge is 0.243 e. The summed E-state index contributed by atoms with van der Waals surface area (Å²) in [5.74, 6) is 1.46. The second kappa shape index (κ2) is 9.53. The molecule has 2 aromatic rings. The monoisotopic (exact) mass is 458 g/mol. The Kier molecular flexibility index (Phi) is 7.29. The Morgan fingerprint density at radius 3 is 2.31 bits per heavy atom. The molecule has 0 amide bonds. The van der Waals surface area contributed by atoms with E-state index in [0.717, 1.165) is 37.6 Å². The maximum Gasteiger partial charge on any atom is 0.243 e. The molecule has 6 nitrogen and oxygen atoms in total. The molecule has 158 valence electrons. The van der Waals surface area contributed by atoms with E-state index < -0.39 is 10.0 Å². The Morgan fingerprint density at radius 2 is 1.69 bits per heavy atom. The predicted octanol–water partition coefficient (Wildman–Crippen LogP) is 3.74. The Labute approximate surface area is 181 Å². The maximum absolute atomic E-state index is 12.5. The van der Waals surface area contributed by atoms with Gasteiger partial charge in [-0.15, -0.1) is 0 Å². The zero-order valence-electron chi connectivity index (χ0n) is 16.4. The number of ether oxygens (including phenoxy) is 2. The van der Waals surface area contributed by atoms with Crippen molar-refractivity contribution in [2.75, 3.05) is 33.9 Å². The Bertz CT molecular complexity index is 962. The standard InChI is InChI=1S/C20H24Cl2N2O4S/c1-27-18-11-14-7-10-24(13-15(14)12-19(18)28-2)9-4-8-23-29(25,26)20-16(21)5-3-6-17(20)22/h3,5-6,11-12,23H,4,7-10,13H2,1-2H3. The molecule has 0 bridgehead atoms. The van der Waals surface area contributed by atoms with Crippen LogP contribution in [0, 0.1) is 0 Å². The average molecular weight is 459 g/mol. The first-order valence-electron chi connectivity index (χ1n) is 9.25. The number of nitrogens with zero attached hydrogens (tertiary/aromatic N) is 1. The first-order valence-corrected chi connectivity index (χ1v) is 11.5. The number of nitrogens with one attached hydrogen (secondary N) is 1. The van der Waals surface area contributed by atoms with Gasteiger partial charge in [0.15, 0.2) is 11.5 Å². The third-order valence-electron chi connectivity index (χ3n) is 4.93. The molecule has 0 aromatic heterocycles. The lowest BCUT2D eigenvalue weighted by molar-refractivity contribution is 0.250. The van der Waals surface area contributed by atoms with Gasteiger partial charge in [-0.1, -0.05) is 29.3 Å². The Balaban J connectivity index is 1.56. The maximum atomic E-state index is 12.5. The number of hydrogen-bond acceptors (Lipinski definition) is 5. The summed E-state index contributed by atoms with van der Waals surface area (Å²) in [6.07, 6.45) is 1.58. The number of hydrogen-bond donors (Lipinski definition) is 1. The number of benzene rings is 2. The van der Waals surface area contributed by atoms with Crippen molar-refractivity contribution >= 4 is 33.2 Å². The highest BCUT2D eigenvalue weighted by molar-refractivity contribution is 7.89. The molecule has 0 saturated heterocycles. The molecule has 0 aliphatic carbocycles. The lowest BCUT2D eigenvalue weighted by Crippen LogP contribution is -2.34. The average Bonchev–Trinajstić information content (AvgIpc) is 2.69. The van der Waals surface area contributed by atoms with Crippen LogP contribution in [0.1, 0.15) is 17.5 Å². The van der Waals surface area contributed by atoms with E-state index in [1.807, 2.05) is 12.1 Å². The molecule has 3 rings (SSSR count). The third kappa shape index (κ3) is 5.16. The molecule has 1 aliphatic heterocycles. The molecule has 1 heterocycles. The summed E-state index contributed by atoms with van der Waals surface area (Å²) in [5.41, 5.74) is 2.46. The molecule has 2 aromatic carbocycles. The number of fused-ring (bicyclic) bond motifs is 1. The largest absolute Gasteiger partial charge is 0.493 e. The fourth-order valence-electron chi connectivity index (χ4n) is 3.45. The SMILES string of the molecule is COc1cc2c(cc1OC)CN(CCCNS(=O)(=O)c1c(Cl)cccc1Cl)CC2. The van der Waals surface area contributed by atoms with Crippen LogP contribution in [-0.4, -0.2) is 47.2 Å². The summed E-state index contributed by atoms with van der Waals surface area (Å²) >= 11 is 12.0. The van der Waals surface area contributed by atoms with Gasteiger partial charge in [0, 0.05) is 19.6 Å². The van der Waals surface area contributed by atoms with Gasteiger partial charge < -0.3 is 9.47 Å². The first kappa shape index (κ1) is 22.2. The van der Waals surface area contributed by atoms with Gasteiger partial charge in [-0.2, -0.15) is 0 Å². The molecule has 0 saturated carbocycles. The minimum Gasteiger partial charge on any atom is -0.493 e. The van der Waals surface area contributed by atoms with E-state index in [2.05, 4.69) is 9.62 Å². The van der Waals surface area contributed by atoms with Gasteiger partial charge in [0.2, 0.25) is 10.0 Å². The minimum absolute atomic E-state index is 0.0729. The zero-order valence-corrected chi connectivity index (χ0v) is 18.7. The molecular formula is C20H24Cl2N2O4S. The van der Waals surface area contributed by atoms with Crippen LogP contribution in [-0.2, 0) is 23.0 Å². The van der Waals surface area contributed by atoms with Crippen LogP contribution >= 0.6 is 23.2 Å². The van der Waals surface area contributed by atoms with Crippen LogP contribution in [0.25, 0.3) is 0 Å². The van der Waals surface area contributed by atoms with Gasteiger partial charge in [-0.25, -0.2) is 13.1 Å². The molecule has 0 unspecified atom stereocenters. The van der Waals surface area contributed by atoms with Gasteiger partial charge in [0.25, 0.3) is 0 Å².